The van der Waals surface area contributed by atoms with Crippen molar-refractivity contribution in [2.45, 2.75) is 19.5 Å². The molecule has 1 aliphatic heterocycles. The third kappa shape index (κ3) is 5.27. The van der Waals surface area contributed by atoms with Gasteiger partial charge in [0.25, 0.3) is 0 Å². The van der Waals surface area contributed by atoms with Gasteiger partial charge in [0.05, 0.1) is 25.3 Å². The molecule has 0 saturated carbocycles. The number of amidine groups is 1. The number of allylic oxidation sites excluding steroid dienone is 3. The van der Waals surface area contributed by atoms with Crippen molar-refractivity contribution in [1.82, 2.24) is 21.4 Å². The monoisotopic (exact) mass is 362 g/mol. The summed E-state index contributed by atoms with van der Waals surface area (Å²) in [7, 11) is 0. The summed E-state index contributed by atoms with van der Waals surface area (Å²) in [5.41, 5.74) is 5.57. The van der Waals surface area contributed by atoms with E-state index >= 15 is 0 Å². The number of nitrogens with one attached hydrogen (secondary N) is 4. The van der Waals surface area contributed by atoms with Crippen LogP contribution < -0.4 is 21.4 Å². The number of hydrogen-bond acceptors (Lipinski definition) is 7. The zero-order valence-electron chi connectivity index (χ0n) is 14.6. The average molecular weight is 362 g/mol. The summed E-state index contributed by atoms with van der Waals surface area (Å²) in [6.07, 6.45) is 3.58. The maximum Gasteiger partial charge on any atom is 0.247 e. The van der Waals surface area contributed by atoms with Crippen LogP contribution in [0, 0.1) is 0 Å². The number of hydrazone groups is 1. The quantitative estimate of drug-likeness (QED) is 0.275. The molecule has 0 fully saturated rings. The molecule has 2 rings (SSSR count). The van der Waals surface area contributed by atoms with Crippen molar-refractivity contribution < 1.29 is 14.0 Å². The Labute approximate surface area is 151 Å². The molecule has 0 saturated heterocycles. The van der Waals surface area contributed by atoms with Gasteiger partial charge in [-0.1, -0.05) is 6.08 Å². The highest BCUT2D eigenvalue weighted by atomic mass is 19.1. The summed E-state index contributed by atoms with van der Waals surface area (Å²) in [5, 5.41) is 12.4. The Morgan fingerprint density at radius 3 is 3.04 bits per heavy atom. The van der Waals surface area contributed by atoms with Crippen LogP contribution in [0.2, 0.25) is 0 Å². The molecule has 0 radical (unpaired) electrons. The van der Waals surface area contributed by atoms with Gasteiger partial charge in [-0.05, 0) is 25.0 Å². The standard InChI is InChI=1S/C17H23FN6O2/c1-11-14(24-19-2)4-3-12(17(26)20-5-6-25)7-15(11)21-10-16-22-8-13(18)9-23-16/h4,6-7,13,21,24H,2-3,5,8-10H2,1H3,(H,20,26)(H,22,23). The van der Waals surface area contributed by atoms with E-state index in [1.54, 1.807) is 6.08 Å². The van der Waals surface area contributed by atoms with Gasteiger partial charge in [0.1, 0.15) is 18.3 Å². The summed E-state index contributed by atoms with van der Waals surface area (Å²) in [5.74, 6) is 0.339. The second-order valence-corrected chi connectivity index (χ2v) is 5.80. The molecule has 0 bridgehead atoms. The predicted molar refractivity (Wildman–Crippen MR) is 98.4 cm³/mol. The zero-order valence-corrected chi connectivity index (χ0v) is 14.6. The molecule has 8 nitrogen and oxygen atoms in total. The van der Waals surface area contributed by atoms with Crippen LogP contribution in [0.15, 0.2) is 44.8 Å². The van der Waals surface area contributed by atoms with E-state index < -0.39 is 6.17 Å². The smallest absolute Gasteiger partial charge is 0.247 e. The van der Waals surface area contributed by atoms with Crippen LogP contribution in [0.25, 0.3) is 0 Å². The molecule has 1 heterocycles. The maximum absolute atomic E-state index is 13.1. The van der Waals surface area contributed by atoms with Gasteiger partial charge in [-0.2, -0.15) is 5.10 Å². The number of nitrogens with zero attached hydrogens (tertiary/aromatic N) is 2. The van der Waals surface area contributed by atoms with E-state index in [4.69, 9.17) is 0 Å². The number of alkyl halides is 1. The van der Waals surface area contributed by atoms with Gasteiger partial charge < -0.3 is 20.7 Å². The number of rotatable bonds is 8. The largest absolute Gasteiger partial charge is 0.378 e. The number of hydrogen-bond donors (Lipinski definition) is 4. The molecule has 26 heavy (non-hydrogen) atoms. The Bertz CT molecular complexity index is 695. The van der Waals surface area contributed by atoms with E-state index in [1.807, 2.05) is 13.0 Å². The van der Waals surface area contributed by atoms with Crippen molar-refractivity contribution >= 4 is 24.7 Å². The molecule has 4 N–H and O–H groups in total. The van der Waals surface area contributed by atoms with Crippen LogP contribution in [0.1, 0.15) is 13.3 Å². The molecule has 1 amide bonds. The highest BCUT2D eigenvalue weighted by Crippen LogP contribution is 2.20. The highest BCUT2D eigenvalue weighted by molar-refractivity contribution is 5.95. The molecule has 1 aliphatic carbocycles. The Hall–Kier alpha value is -2.97. The van der Waals surface area contributed by atoms with Crippen LogP contribution in [-0.2, 0) is 9.59 Å². The third-order valence-corrected chi connectivity index (χ3v) is 3.94. The number of aldehydes is 1. The molecule has 1 atom stereocenters. The van der Waals surface area contributed by atoms with Crippen molar-refractivity contribution in [3.05, 3.63) is 34.7 Å². The first-order valence-electron chi connectivity index (χ1n) is 8.25. The summed E-state index contributed by atoms with van der Waals surface area (Å²) in [4.78, 5) is 26.8. The number of halogens is 1. The second-order valence-electron chi connectivity index (χ2n) is 5.80. The van der Waals surface area contributed by atoms with Crippen LogP contribution in [0.4, 0.5) is 4.39 Å². The van der Waals surface area contributed by atoms with Crippen molar-refractivity contribution in [2.75, 3.05) is 26.2 Å². The lowest BCUT2D eigenvalue weighted by atomic mass is 10.1. The number of amides is 1. The Balaban J connectivity index is 2.19. The molecule has 2 aliphatic rings. The van der Waals surface area contributed by atoms with E-state index in [0.29, 0.717) is 36.4 Å². The van der Waals surface area contributed by atoms with Crippen molar-refractivity contribution in [3.8, 4) is 0 Å². The Morgan fingerprint density at radius 1 is 1.58 bits per heavy atom. The van der Waals surface area contributed by atoms with Gasteiger partial charge in [-0.3, -0.25) is 15.2 Å². The fourth-order valence-corrected chi connectivity index (χ4v) is 2.51. The van der Waals surface area contributed by atoms with Gasteiger partial charge in [-0.15, -0.1) is 0 Å². The van der Waals surface area contributed by atoms with Crippen molar-refractivity contribution in [2.24, 2.45) is 10.1 Å². The average Bonchev–Trinajstić information content (AvgIpc) is 2.79. The maximum atomic E-state index is 13.1. The topological polar surface area (TPSA) is 107 Å². The normalized spacial score (nSPS) is 19.9. The lowest BCUT2D eigenvalue weighted by Crippen LogP contribution is -2.42. The van der Waals surface area contributed by atoms with Gasteiger partial charge in [0.15, 0.2) is 0 Å². The molecular weight excluding hydrogens is 339 g/mol. The minimum Gasteiger partial charge on any atom is -0.378 e. The van der Waals surface area contributed by atoms with E-state index in [1.165, 1.54) is 0 Å². The van der Waals surface area contributed by atoms with Gasteiger partial charge in [-0.25, -0.2) is 4.39 Å². The van der Waals surface area contributed by atoms with Crippen LogP contribution in [-0.4, -0.2) is 57.1 Å². The Morgan fingerprint density at radius 2 is 2.38 bits per heavy atom. The number of aliphatic imine (C=N–C) groups is 1. The first-order valence-corrected chi connectivity index (χ1v) is 8.25. The summed E-state index contributed by atoms with van der Waals surface area (Å²) < 4.78 is 13.1. The molecule has 140 valence electrons. The summed E-state index contributed by atoms with van der Waals surface area (Å²) in [6, 6.07) is 0. The lowest BCUT2D eigenvalue weighted by Gasteiger charge is -2.19. The summed E-state index contributed by atoms with van der Waals surface area (Å²) >= 11 is 0. The van der Waals surface area contributed by atoms with E-state index in [9.17, 15) is 14.0 Å². The van der Waals surface area contributed by atoms with Crippen LogP contribution in [0.5, 0.6) is 0 Å². The van der Waals surface area contributed by atoms with E-state index in [0.717, 1.165) is 11.3 Å². The number of carbonyl (C=O) groups is 2. The Kier molecular flexibility index (Phi) is 7.07. The van der Waals surface area contributed by atoms with Crippen molar-refractivity contribution in [1.29, 1.82) is 0 Å². The van der Waals surface area contributed by atoms with Crippen molar-refractivity contribution in [3.63, 3.8) is 0 Å². The minimum atomic E-state index is -0.969. The summed E-state index contributed by atoms with van der Waals surface area (Å²) in [6.45, 7) is 6.00. The van der Waals surface area contributed by atoms with Crippen LogP contribution in [0.3, 0.4) is 0 Å². The molecule has 0 aromatic carbocycles. The fourth-order valence-electron chi connectivity index (χ4n) is 2.51. The molecule has 0 spiro atoms. The van der Waals surface area contributed by atoms with Gasteiger partial charge in [0, 0.05) is 24.5 Å². The van der Waals surface area contributed by atoms with E-state index in [-0.39, 0.29) is 25.5 Å². The first kappa shape index (κ1) is 19.4. The van der Waals surface area contributed by atoms with Gasteiger partial charge in [0.2, 0.25) is 5.91 Å². The molecule has 1 unspecified atom stereocenters. The van der Waals surface area contributed by atoms with E-state index in [2.05, 4.69) is 38.2 Å². The minimum absolute atomic E-state index is 0.0458. The molecule has 0 aromatic rings. The third-order valence-electron chi connectivity index (χ3n) is 3.94. The predicted octanol–water partition coefficient (Wildman–Crippen LogP) is -0.0759. The highest BCUT2D eigenvalue weighted by Gasteiger charge is 2.17. The zero-order chi connectivity index (χ0) is 18.9. The second kappa shape index (κ2) is 9.50. The molecule has 9 heteroatoms. The first-order chi connectivity index (χ1) is 12.5. The SMILES string of the molecule is C=NNC1=CCC(C(=O)NCC=O)=CC(NCC2=NCC(F)CN2)=C1C. The van der Waals surface area contributed by atoms with Gasteiger partial charge >= 0.3 is 0 Å². The molecular formula is C17H23FN6O2. The lowest BCUT2D eigenvalue weighted by molar-refractivity contribution is -0.119. The number of carbonyl (C=O) groups excluding carboxylic acids is 2. The van der Waals surface area contributed by atoms with Crippen LogP contribution >= 0.6 is 0 Å². The molecule has 0 aromatic heterocycles. The fraction of sp³-hybridized carbons (Fsp3) is 0.412.